The maximum absolute atomic E-state index is 2.50. The predicted molar refractivity (Wildman–Crippen MR) is 270 cm³/mol. The number of aromatic nitrogens is 2. The minimum Gasteiger partial charge on any atom is -0.309 e. The zero-order valence-corrected chi connectivity index (χ0v) is 35.3. The van der Waals surface area contributed by atoms with Gasteiger partial charge in [-0.25, -0.2) is 0 Å². The topological polar surface area (TPSA) is 9.86 Å². The molecule has 0 bridgehead atoms. The molecule has 1 aliphatic rings. The van der Waals surface area contributed by atoms with Crippen molar-refractivity contribution in [3.63, 3.8) is 0 Å². The van der Waals surface area contributed by atoms with E-state index in [0.717, 1.165) is 6.42 Å². The molecule has 0 saturated carbocycles. The highest BCUT2D eigenvalue weighted by molar-refractivity contribution is 7.26. The second-order valence-corrected chi connectivity index (χ2v) is 17.9. The Hall–Kier alpha value is -7.72. The van der Waals surface area contributed by atoms with Gasteiger partial charge in [0.05, 0.1) is 27.8 Å². The van der Waals surface area contributed by atoms with Crippen molar-refractivity contribution in [2.75, 3.05) is 0 Å². The molecule has 0 spiro atoms. The van der Waals surface area contributed by atoms with Crippen molar-refractivity contribution in [3.05, 3.63) is 230 Å². The van der Waals surface area contributed by atoms with E-state index in [1.807, 2.05) is 11.3 Å². The van der Waals surface area contributed by atoms with Gasteiger partial charge in [-0.2, -0.15) is 0 Å². The van der Waals surface area contributed by atoms with Crippen LogP contribution in [0.4, 0.5) is 0 Å². The maximum atomic E-state index is 2.50. The van der Waals surface area contributed by atoms with Crippen LogP contribution in [-0.2, 0) is 0 Å². The highest BCUT2D eigenvalue weighted by Crippen LogP contribution is 2.46. The summed E-state index contributed by atoms with van der Waals surface area (Å²) in [7, 11) is 0. The van der Waals surface area contributed by atoms with Gasteiger partial charge in [-0.05, 0) is 107 Å². The van der Waals surface area contributed by atoms with E-state index in [1.165, 1.54) is 114 Å². The average molecular weight is 821 g/mol. The van der Waals surface area contributed by atoms with Crippen molar-refractivity contribution < 1.29 is 0 Å². The molecule has 3 aromatic heterocycles. The Balaban J connectivity index is 0.995. The Morgan fingerprint density at radius 2 is 1.00 bits per heavy atom. The molecule has 0 aliphatic heterocycles. The number of benzene rings is 9. The lowest BCUT2D eigenvalue weighted by molar-refractivity contribution is 0.852. The fraction of sp³-hybridized carbons (Fsp3) is 0.0333. The van der Waals surface area contributed by atoms with E-state index < -0.39 is 0 Å². The van der Waals surface area contributed by atoms with Crippen molar-refractivity contribution in [3.8, 4) is 44.8 Å². The molecule has 1 atom stereocenters. The molecule has 0 radical (unpaired) electrons. The van der Waals surface area contributed by atoms with Crippen LogP contribution in [-0.4, -0.2) is 9.13 Å². The van der Waals surface area contributed by atoms with Gasteiger partial charge < -0.3 is 9.13 Å². The Bertz CT molecular complexity index is 3820. The standard InChI is InChI=1S/C60H40N2S/c1-4-16-39(17-5-1)44-34-45(40-18-6-2-7-19-40)36-46(35-44)61-52-25-13-10-22-47(52)50-37-42(28-30-54(50)61)43-29-31-55-51(38-43)48-23-11-14-26-53(48)62(55)56-32-33-58-60(49-24-12-15-27-57(49)63-58)59(56)41-20-8-3-9-21-41/h1-18,20-38,40H,19H2. The number of nitrogens with zero attached hydrogens (tertiary/aromatic N) is 2. The minimum atomic E-state index is 0.335. The number of thiophene rings is 1. The van der Waals surface area contributed by atoms with Crippen molar-refractivity contribution in [2.24, 2.45) is 0 Å². The summed E-state index contributed by atoms with van der Waals surface area (Å²) in [4.78, 5) is 0. The van der Waals surface area contributed by atoms with Gasteiger partial charge in [0, 0.05) is 58.9 Å². The molecule has 296 valence electrons. The van der Waals surface area contributed by atoms with Crippen LogP contribution >= 0.6 is 11.3 Å². The van der Waals surface area contributed by atoms with Crippen molar-refractivity contribution >= 4 is 75.1 Å². The summed E-state index contributed by atoms with van der Waals surface area (Å²) in [5, 5.41) is 7.63. The van der Waals surface area contributed by atoms with Gasteiger partial charge in [0.1, 0.15) is 0 Å². The van der Waals surface area contributed by atoms with Gasteiger partial charge in [-0.1, -0.05) is 158 Å². The van der Waals surface area contributed by atoms with Crippen LogP contribution in [0.15, 0.2) is 224 Å². The summed E-state index contributed by atoms with van der Waals surface area (Å²) in [5.41, 5.74) is 15.9. The van der Waals surface area contributed by atoms with Crippen molar-refractivity contribution in [1.29, 1.82) is 0 Å². The molecule has 3 heterocycles. The van der Waals surface area contributed by atoms with Crippen LogP contribution in [0.5, 0.6) is 0 Å². The third-order valence-corrected chi connectivity index (χ3v) is 14.4. The van der Waals surface area contributed by atoms with Crippen LogP contribution < -0.4 is 0 Å². The number of fused-ring (bicyclic) bond motifs is 9. The van der Waals surface area contributed by atoms with Gasteiger partial charge in [0.25, 0.3) is 0 Å². The maximum Gasteiger partial charge on any atom is 0.0547 e. The van der Waals surface area contributed by atoms with Crippen LogP contribution in [0.2, 0.25) is 0 Å². The van der Waals surface area contributed by atoms with Gasteiger partial charge >= 0.3 is 0 Å². The van der Waals surface area contributed by atoms with Crippen LogP contribution in [0.1, 0.15) is 17.9 Å². The minimum absolute atomic E-state index is 0.335. The SMILES string of the molecule is C1=CCC(c2cc(-c3ccccc3)cc(-n3c4ccccc4c4cc(-c5ccc6c(c5)c5ccccc5n6-c5ccc6sc7ccccc7c6c5-c5ccccc5)ccc43)c2)C=C1. The van der Waals surface area contributed by atoms with E-state index in [2.05, 4.69) is 234 Å². The molecular weight excluding hydrogens is 781 g/mol. The second kappa shape index (κ2) is 14.4. The van der Waals surface area contributed by atoms with Gasteiger partial charge in [0.2, 0.25) is 0 Å². The number of hydrogen-bond donors (Lipinski definition) is 0. The van der Waals surface area contributed by atoms with Crippen LogP contribution in [0.3, 0.4) is 0 Å². The lowest BCUT2D eigenvalue weighted by atomic mass is 9.89. The fourth-order valence-corrected chi connectivity index (χ4v) is 11.4. The largest absolute Gasteiger partial charge is 0.309 e. The molecule has 63 heavy (non-hydrogen) atoms. The van der Waals surface area contributed by atoms with E-state index in [-0.39, 0.29) is 0 Å². The van der Waals surface area contributed by atoms with Crippen LogP contribution in [0, 0.1) is 0 Å². The highest BCUT2D eigenvalue weighted by atomic mass is 32.1. The van der Waals surface area contributed by atoms with Crippen molar-refractivity contribution in [1.82, 2.24) is 9.13 Å². The summed E-state index contributed by atoms with van der Waals surface area (Å²) < 4.78 is 7.59. The zero-order chi connectivity index (χ0) is 41.4. The Morgan fingerprint density at radius 3 is 1.70 bits per heavy atom. The molecule has 3 heteroatoms. The first-order chi connectivity index (χ1) is 31.2. The van der Waals surface area contributed by atoms with E-state index in [9.17, 15) is 0 Å². The lowest BCUT2D eigenvalue weighted by Gasteiger charge is -2.18. The Kier molecular flexibility index (Phi) is 8.25. The van der Waals surface area contributed by atoms with Crippen LogP contribution in [0.25, 0.3) is 109 Å². The quantitative estimate of drug-likeness (QED) is 0.158. The Morgan fingerprint density at radius 1 is 0.397 bits per heavy atom. The summed E-state index contributed by atoms with van der Waals surface area (Å²) in [5.74, 6) is 0.335. The molecule has 13 rings (SSSR count). The zero-order valence-electron chi connectivity index (χ0n) is 34.4. The molecule has 1 aliphatic carbocycles. The normalized spacial score (nSPS) is 14.0. The molecular formula is C60H40N2S. The summed E-state index contributed by atoms with van der Waals surface area (Å²) in [6.07, 6.45) is 9.97. The molecule has 0 fully saturated rings. The average Bonchev–Trinajstić information content (AvgIpc) is 4.02. The highest BCUT2D eigenvalue weighted by Gasteiger charge is 2.22. The monoisotopic (exact) mass is 820 g/mol. The number of allylic oxidation sites excluding steroid dienone is 4. The Labute approximate surface area is 369 Å². The molecule has 1 unspecified atom stereocenters. The smallest absolute Gasteiger partial charge is 0.0547 e. The molecule has 0 amide bonds. The van der Waals surface area contributed by atoms with E-state index in [4.69, 9.17) is 0 Å². The first-order valence-corrected chi connectivity index (χ1v) is 22.7. The summed E-state index contributed by atoms with van der Waals surface area (Å²) >= 11 is 1.88. The molecule has 9 aromatic carbocycles. The predicted octanol–water partition coefficient (Wildman–Crippen LogP) is 16.8. The molecule has 2 nitrogen and oxygen atoms in total. The summed E-state index contributed by atoms with van der Waals surface area (Å²) in [6.45, 7) is 0. The number of hydrogen-bond acceptors (Lipinski definition) is 1. The van der Waals surface area contributed by atoms with Gasteiger partial charge in [0.15, 0.2) is 0 Å². The number of rotatable bonds is 6. The second-order valence-electron chi connectivity index (χ2n) is 16.8. The third kappa shape index (κ3) is 5.78. The summed E-state index contributed by atoms with van der Waals surface area (Å²) in [6, 6.07) is 74.4. The van der Waals surface area contributed by atoms with E-state index in [0.29, 0.717) is 5.92 Å². The third-order valence-electron chi connectivity index (χ3n) is 13.2. The first kappa shape index (κ1) is 36.0. The van der Waals surface area contributed by atoms with Gasteiger partial charge in [-0.3, -0.25) is 0 Å². The van der Waals surface area contributed by atoms with Gasteiger partial charge in [-0.15, -0.1) is 11.3 Å². The first-order valence-electron chi connectivity index (χ1n) is 21.9. The fourth-order valence-electron chi connectivity index (χ4n) is 10.3. The van der Waals surface area contributed by atoms with E-state index in [1.54, 1.807) is 0 Å². The molecule has 0 N–H and O–H groups in total. The number of para-hydroxylation sites is 2. The van der Waals surface area contributed by atoms with Crippen molar-refractivity contribution in [2.45, 2.75) is 12.3 Å². The molecule has 12 aromatic rings. The lowest BCUT2D eigenvalue weighted by Crippen LogP contribution is -2.01. The molecule has 0 saturated heterocycles. The van der Waals surface area contributed by atoms with E-state index >= 15 is 0 Å².